The van der Waals surface area contributed by atoms with E-state index in [0.29, 0.717) is 6.42 Å². The van der Waals surface area contributed by atoms with E-state index in [9.17, 15) is 0 Å². The van der Waals surface area contributed by atoms with Crippen LogP contribution in [-0.4, -0.2) is 34.1 Å². The molecule has 0 aromatic heterocycles. The molecule has 0 saturated carbocycles. The van der Waals surface area contributed by atoms with Gasteiger partial charge in [0.2, 0.25) is 0 Å². The van der Waals surface area contributed by atoms with Crippen LogP contribution in [-0.2, 0) is 0 Å². The molecule has 3 N–H and O–H groups in total. The predicted molar refractivity (Wildman–Crippen MR) is 43.2 cm³/mol. The maximum Gasteiger partial charge on any atom is 0.103 e. The van der Waals surface area contributed by atoms with Gasteiger partial charge >= 0.3 is 0 Å². The summed E-state index contributed by atoms with van der Waals surface area (Å²) < 4.78 is 0. The molecule has 0 amide bonds. The second-order valence-corrected chi connectivity index (χ2v) is 2.81. The van der Waals surface area contributed by atoms with Gasteiger partial charge in [-0.05, 0) is 6.42 Å². The molecule has 3 heteroatoms. The molecule has 0 heterocycles. The molecule has 0 fully saturated rings. The molecule has 2 atom stereocenters. The Kier molecular flexibility index (Phi) is 6.51. The lowest BCUT2D eigenvalue weighted by molar-refractivity contribution is -0.0185. The normalized spacial score (nSPS) is 16.4. The van der Waals surface area contributed by atoms with E-state index < -0.39 is 12.2 Å². The fourth-order valence-electron chi connectivity index (χ4n) is 0.918. The third kappa shape index (κ3) is 5.18. The molecule has 0 aromatic carbocycles. The van der Waals surface area contributed by atoms with Crippen LogP contribution in [0.3, 0.4) is 0 Å². The molecule has 0 bridgehead atoms. The van der Waals surface area contributed by atoms with Crippen molar-refractivity contribution in [2.75, 3.05) is 6.61 Å². The van der Waals surface area contributed by atoms with Crippen LogP contribution in [0.2, 0.25) is 0 Å². The number of rotatable bonds is 6. The quantitative estimate of drug-likeness (QED) is 0.492. The Hall–Kier alpha value is -0.120. The maximum atomic E-state index is 9.13. The van der Waals surface area contributed by atoms with Crippen molar-refractivity contribution in [1.29, 1.82) is 0 Å². The first-order valence-corrected chi connectivity index (χ1v) is 4.19. The van der Waals surface area contributed by atoms with E-state index in [-0.39, 0.29) is 6.61 Å². The molecule has 0 aliphatic heterocycles. The van der Waals surface area contributed by atoms with Crippen molar-refractivity contribution in [3.05, 3.63) is 0 Å². The van der Waals surface area contributed by atoms with Crippen molar-refractivity contribution in [1.82, 2.24) is 0 Å². The van der Waals surface area contributed by atoms with E-state index in [1.807, 2.05) is 0 Å². The summed E-state index contributed by atoms with van der Waals surface area (Å²) in [5.74, 6) is 0. The molecule has 0 aromatic rings. The zero-order valence-corrected chi connectivity index (χ0v) is 7.03. The minimum atomic E-state index is -0.966. The maximum absolute atomic E-state index is 9.13. The summed E-state index contributed by atoms with van der Waals surface area (Å²) in [5, 5.41) is 26.5. The van der Waals surface area contributed by atoms with Gasteiger partial charge in [-0.1, -0.05) is 26.2 Å². The fraction of sp³-hybridized carbons (Fsp3) is 1.00. The van der Waals surface area contributed by atoms with E-state index in [1.165, 1.54) is 0 Å². The van der Waals surface area contributed by atoms with Gasteiger partial charge in [-0.3, -0.25) is 0 Å². The third-order valence-corrected chi connectivity index (χ3v) is 1.73. The summed E-state index contributed by atoms with van der Waals surface area (Å²) in [7, 11) is 0. The average Bonchev–Trinajstić information content (AvgIpc) is 2.03. The molecule has 0 aliphatic rings. The Morgan fingerprint density at radius 3 is 2.18 bits per heavy atom. The Morgan fingerprint density at radius 2 is 1.73 bits per heavy atom. The number of hydrogen-bond donors (Lipinski definition) is 3. The van der Waals surface area contributed by atoms with Gasteiger partial charge in [0.1, 0.15) is 6.10 Å². The van der Waals surface area contributed by atoms with Crippen molar-refractivity contribution < 1.29 is 15.3 Å². The Morgan fingerprint density at radius 1 is 1.09 bits per heavy atom. The van der Waals surface area contributed by atoms with Crippen LogP contribution in [0.5, 0.6) is 0 Å². The first-order valence-electron chi connectivity index (χ1n) is 4.19. The minimum absolute atomic E-state index is 0.354. The SMILES string of the molecule is CCCCC[C@H](O)[C@@H](O)CO. The van der Waals surface area contributed by atoms with Crippen LogP contribution in [0.1, 0.15) is 32.6 Å². The molecule has 0 aliphatic carbocycles. The number of aliphatic hydroxyl groups is 3. The summed E-state index contributed by atoms with van der Waals surface area (Å²) in [4.78, 5) is 0. The van der Waals surface area contributed by atoms with E-state index in [0.717, 1.165) is 19.3 Å². The van der Waals surface area contributed by atoms with Crippen molar-refractivity contribution in [3.8, 4) is 0 Å². The number of unbranched alkanes of at least 4 members (excludes halogenated alkanes) is 2. The summed E-state index contributed by atoms with van der Waals surface area (Å²) in [6, 6.07) is 0. The molecule has 0 unspecified atom stereocenters. The average molecular weight is 162 g/mol. The zero-order chi connectivity index (χ0) is 8.69. The molecule has 0 saturated heterocycles. The third-order valence-electron chi connectivity index (χ3n) is 1.73. The minimum Gasteiger partial charge on any atom is -0.394 e. The fourth-order valence-corrected chi connectivity index (χ4v) is 0.918. The molecule has 0 radical (unpaired) electrons. The van der Waals surface area contributed by atoms with Gasteiger partial charge < -0.3 is 15.3 Å². The Labute approximate surface area is 67.7 Å². The lowest BCUT2D eigenvalue weighted by atomic mass is 10.1. The van der Waals surface area contributed by atoms with Crippen molar-refractivity contribution in [3.63, 3.8) is 0 Å². The highest BCUT2D eigenvalue weighted by Crippen LogP contribution is 2.05. The molecular weight excluding hydrogens is 144 g/mol. The lowest BCUT2D eigenvalue weighted by Gasteiger charge is -2.14. The van der Waals surface area contributed by atoms with Gasteiger partial charge in [-0.2, -0.15) is 0 Å². The molecule has 3 nitrogen and oxygen atoms in total. The van der Waals surface area contributed by atoms with E-state index in [2.05, 4.69) is 6.92 Å². The highest BCUT2D eigenvalue weighted by Gasteiger charge is 2.13. The van der Waals surface area contributed by atoms with Crippen LogP contribution < -0.4 is 0 Å². The van der Waals surface area contributed by atoms with Crippen molar-refractivity contribution in [2.24, 2.45) is 0 Å². The van der Waals surface area contributed by atoms with Gasteiger partial charge in [0.05, 0.1) is 12.7 Å². The molecule has 11 heavy (non-hydrogen) atoms. The van der Waals surface area contributed by atoms with Crippen LogP contribution in [0, 0.1) is 0 Å². The molecule has 68 valence electrons. The highest BCUT2D eigenvalue weighted by atomic mass is 16.4. The van der Waals surface area contributed by atoms with Gasteiger partial charge in [0.25, 0.3) is 0 Å². The van der Waals surface area contributed by atoms with Gasteiger partial charge in [0.15, 0.2) is 0 Å². The second-order valence-electron chi connectivity index (χ2n) is 2.81. The first-order chi connectivity index (χ1) is 5.22. The number of hydrogen-bond acceptors (Lipinski definition) is 3. The standard InChI is InChI=1S/C8H18O3/c1-2-3-4-5-7(10)8(11)6-9/h7-11H,2-6H2,1H3/t7-,8-/m0/s1. The van der Waals surface area contributed by atoms with Gasteiger partial charge in [0, 0.05) is 0 Å². The Balaban J connectivity index is 3.28. The highest BCUT2D eigenvalue weighted by molar-refractivity contribution is 4.65. The summed E-state index contributed by atoms with van der Waals surface area (Å²) in [5.41, 5.74) is 0. The predicted octanol–water partition coefficient (Wildman–Crippen LogP) is 0.281. The molecule has 0 spiro atoms. The van der Waals surface area contributed by atoms with Crippen molar-refractivity contribution >= 4 is 0 Å². The monoisotopic (exact) mass is 162 g/mol. The van der Waals surface area contributed by atoms with E-state index in [4.69, 9.17) is 15.3 Å². The van der Waals surface area contributed by atoms with Crippen LogP contribution in [0.25, 0.3) is 0 Å². The van der Waals surface area contributed by atoms with Gasteiger partial charge in [-0.25, -0.2) is 0 Å². The largest absolute Gasteiger partial charge is 0.394 e. The molecular formula is C8H18O3. The van der Waals surface area contributed by atoms with Crippen molar-refractivity contribution in [2.45, 2.75) is 44.8 Å². The summed E-state index contributed by atoms with van der Waals surface area (Å²) >= 11 is 0. The van der Waals surface area contributed by atoms with E-state index in [1.54, 1.807) is 0 Å². The van der Waals surface area contributed by atoms with E-state index >= 15 is 0 Å². The zero-order valence-electron chi connectivity index (χ0n) is 7.03. The van der Waals surface area contributed by atoms with Crippen LogP contribution in [0.4, 0.5) is 0 Å². The van der Waals surface area contributed by atoms with Crippen LogP contribution >= 0.6 is 0 Å². The summed E-state index contributed by atoms with van der Waals surface area (Å²) in [6.45, 7) is 1.72. The number of aliphatic hydroxyl groups excluding tert-OH is 3. The molecule has 0 rings (SSSR count). The lowest BCUT2D eigenvalue weighted by Crippen LogP contribution is -2.28. The topological polar surface area (TPSA) is 60.7 Å². The summed E-state index contributed by atoms with van der Waals surface area (Å²) in [6.07, 6.45) is 1.93. The Bertz CT molecular complexity index is 85.4. The first kappa shape index (κ1) is 10.9. The second kappa shape index (κ2) is 6.58. The smallest absolute Gasteiger partial charge is 0.103 e. The van der Waals surface area contributed by atoms with Gasteiger partial charge in [-0.15, -0.1) is 0 Å². The van der Waals surface area contributed by atoms with Crippen LogP contribution in [0.15, 0.2) is 0 Å².